The maximum atomic E-state index is 12.4. The number of hydrogen-bond acceptors (Lipinski definition) is 6. The summed E-state index contributed by atoms with van der Waals surface area (Å²) in [6.45, 7) is 6.39. The summed E-state index contributed by atoms with van der Waals surface area (Å²) in [5.41, 5.74) is 0. The Hall–Kier alpha value is -1.70. The van der Waals surface area contributed by atoms with E-state index in [4.69, 9.17) is 0 Å². The molecule has 0 spiro atoms. The lowest BCUT2D eigenvalue weighted by atomic mass is 9.97. The number of aromatic nitrogens is 2. The second-order valence-electron chi connectivity index (χ2n) is 6.62. The molecule has 2 aliphatic rings. The lowest BCUT2D eigenvalue weighted by Crippen LogP contribution is -2.45. The van der Waals surface area contributed by atoms with Crippen molar-refractivity contribution in [2.24, 2.45) is 5.92 Å². The predicted octanol–water partition coefficient (Wildman–Crippen LogP) is 1.80. The van der Waals surface area contributed by atoms with Crippen molar-refractivity contribution in [1.82, 2.24) is 15.5 Å². The first-order valence-corrected chi connectivity index (χ1v) is 9.59. The fourth-order valence-corrected chi connectivity index (χ4v) is 4.05. The summed E-state index contributed by atoms with van der Waals surface area (Å²) in [7, 11) is 0. The van der Waals surface area contributed by atoms with Crippen LogP contribution in [0, 0.1) is 5.92 Å². The molecule has 2 fully saturated rings. The van der Waals surface area contributed by atoms with Gasteiger partial charge < -0.3 is 10.2 Å². The van der Waals surface area contributed by atoms with Crippen LogP contribution < -0.4 is 15.1 Å². The molecule has 1 aromatic rings. The van der Waals surface area contributed by atoms with Crippen LogP contribution in [0.3, 0.4) is 0 Å². The molecule has 2 saturated heterocycles. The highest BCUT2D eigenvalue weighted by molar-refractivity contribution is 7.19. The predicted molar refractivity (Wildman–Crippen MR) is 94.3 cm³/mol. The molecule has 7 nitrogen and oxygen atoms in total. The van der Waals surface area contributed by atoms with Crippen LogP contribution in [0.15, 0.2) is 0 Å². The molecule has 1 N–H and O–H groups in total. The van der Waals surface area contributed by atoms with Crippen molar-refractivity contribution >= 4 is 33.4 Å². The Kier molecular flexibility index (Phi) is 5.33. The summed E-state index contributed by atoms with van der Waals surface area (Å²) < 4.78 is 0. The monoisotopic (exact) mass is 351 g/mol. The van der Waals surface area contributed by atoms with Gasteiger partial charge in [0, 0.05) is 32.1 Å². The highest BCUT2D eigenvalue weighted by Crippen LogP contribution is 2.32. The molecular formula is C16H25N5O2S. The molecule has 2 atom stereocenters. The zero-order valence-corrected chi connectivity index (χ0v) is 15.1. The van der Waals surface area contributed by atoms with Crippen molar-refractivity contribution in [1.29, 1.82) is 0 Å². The van der Waals surface area contributed by atoms with Crippen molar-refractivity contribution in [2.45, 2.75) is 52.0 Å². The van der Waals surface area contributed by atoms with E-state index in [-0.39, 0.29) is 23.8 Å². The highest BCUT2D eigenvalue weighted by Gasteiger charge is 2.30. The Morgan fingerprint density at radius 2 is 2.12 bits per heavy atom. The van der Waals surface area contributed by atoms with Gasteiger partial charge in [0.2, 0.25) is 22.1 Å². The van der Waals surface area contributed by atoms with Crippen LogP contribution in [0.5, 0.6) is 0 Å². The molecule has 3 rings (SSSR count). The first-order chi connectivity index (χ1) is 11.6. The molecule has 0 aromatic carbocycles. The fraction of sp³-hybridized carbons (Fsp3) is 0.750. The van der Waals surface area contributed by atoms with E-state index in [2.05, 4.69) is 27.3 Å². The van der Waals surface area contributed by atoms with Gasteiger partial charge in [0.15, 0.2) is 0 Å². The minimum Gasteiger partial charge on any atom is -0.353 e. The van der Waals surface area contributed by atoms with Gasteiger partial charge in [-0.25, -0.2) is 0 Å². The zero-order chi connectivity index (χ0) is 17.1. The van der Waals surface area contributed by atoms with E-state index in [1.54, 1.807) is 4.90 Å². The first kappa shape index (κ1) is 17.1. The van der Waals surface area contributed by atoms with E-state index in [0.29, 0.717) is 18.1 Å². The van der Waals surface area contributed by atoms with Crippen LogP contribution in [-0.2, 0) is 9.59 Å². The van der Waals surface area contributed by atoms with Gasteiger partial charge in [0.25, 0.3) is 0 Å². The molecule has 0 radical (unpaired) electrons. The number of amides is 2. The lowest BCUT2D eigenvalue weighted by Gasteiger charge is -2.32. The smallest absolute Gasteiger partial charge is 0.228 e. The molecule has 3 heterocycles. The molecule has 2 amide bonds. The van der Waals surface area contributed by atoms with E-state index < -0.39 is 0 Å². The quantitative estimate of drug-likeness (QED) is 0.875. The maximum absolute atomic E-state index is 12.4. The second kappa shape index (κ2) is 7.46. The Bertz CT molecular complexity index is 605. The third kappa shape index (κ3) is 3.68. The van der Waals surface area contributed by atoms with Crippen LogP contribution in [0.2, 0.25) is 0 Å². The molecule has 2 aliphatic heterocycles. The second-order valence-corrected chi connectivity index (χ2v) is 7.55. The third-order valence-corrected chi connectivity index (χ3v) is 5.78. The third-order valence-electron chi connectivity index (χ3n) is 4.77. The lowest BCUT2D eigenvalue weighted by molar-refractivity contribution is -0.125. The number of piperidine rings is 1. The number of rotatable bonds is 5. The zero-order valence-electron chi connectivity index (χ0n) is 14.3. The standard InChI is InChI=1S/C16H25N5O2S/c1-3-11(2)17-14(23)12-6-4-8-20(10-12)15-18-19-16(24-15)21-9-5-7-13(21)22/h11-12H,3-10H2,1-2H3,(H,17,23)/t11-,12-/m0/s1. The molecule has 0 unspecified atom stereocenters. The normalized spacial score (nSPS) is 22.8. The minimum atomic E-state index is -0.00600. The van der Waals surface area contributed by atoms with Crippen molar-refractivity contribution in [3.63, 3.8) is 0 Å². The fourth-order valence-electron chi connectivity index (χ4n) is 3.12. The number of carbonyl (C=O) groups is 2. The van der Waals surface area contributed by atoms with Crippen molar-refractivity contribution in [3.8, 4) is 0 Å². The number of carbonyl (C=O) groups excluding carboxylic acids is 2. The van der Waals surface area contributed by atoms with E-state index >= 15 is 0 Å². The molecule has 0 saturated carbocycles. The summed E-state index contributed by atoms with van der Waals surface area (Å²) in [6.07, 6.45) is 4.29. The molecule has 1 aromatic heterocycles. The Morgan fingerprint density at radius 1 is 1.33 bits per heavy atom. The topological polar surface area (TPSA) is 78.4 Å². The van der Waals surface area contributed by atoms with Crippen LogP contribution in [-0.4, -0.2) is 47.7 Å². The van der Waals surface area contributed by atoms with Crippen molar-refractivity contribution in [2.75, 3.05) is 29.4 Å². The molecule has 0 aliphatic carbocycles. The Morgan fingerprint density at radius 3 is 2.83 bits per heavy atom. The Balaban J connectivity index is 1.63. The van der Waals surface area contributed by atoms with Gasteiger partial charge in [-0.15, -0.1) is 10.2 Å². The number of nitrogens with one attached hydrogen (secondary N) is 1. The van der Waals surface area contributed by atoms with Crippen LogP contribution in [0.4, 0.5) is 10.3 Å². The van der Waals surface area contributed by atoms with Crippen LogP contribution >= 0.6 is 11.3 Å². The van der Waals surface area contributed by atoms with E-state index in [0.717, 1.165) is 43.9 Å². The molecule has 8 heteroatoms. The number of hydrogen-bond donors (Lipinski definition) is 1. The van der Waals surface area contributed by atoms with Gasteiger partial charge in [-0.05, 0) is 32.6 Å². The van der Waals surface area contributed by atoms with Crippen molar-refractivity contribution < 1.29 is 9.59 Å². The van der Waals surface area contributed by atoms with E-state index in [1.165, 1.54) is 11.3 Å². The maximum Gasteiger partial charge on any atom is 0.228 e. The van der Waals surface area contributed by atoms with Gasteiger partial charge in [0.1, 0.15) is 0 Å². The van der Waals surface area contributed by atoms with E-state index in [1.807, 2.05) is 6.92 Å². The molecular weight excluding hydrogens is 326 g/mol. The minimum absolute atomic E-state index is 0.00600. The largest absolute Gasteiger partial charge is 0.353 e. The summed E-state index contributed by atoms with van der Waals surface area (Å²) in [6, 6.07) is 0.210. The molecule has 0 bridgehead atoms. The first-order valence-electron chi connectivity index (χ1n) is 8.77. The van der Waals surface area contributed by atoms with Gasteiger partial charge in [-0.3, -0.25) is 14.5 Å². The van der Waals surface area contributed by atoms with Crippen LogP contribution in [0.1, 0.15) is 46.0 Å². The molecule has 24 heavy (non-hydrogen) atoms. The summed E-state index contributed by atoms with van der Waals surface area (Å²) >= 11 is 1.45. The Labute approximate surface area is 146 Å². The van der Waals surface area contributed by atoms with Gasteiger partial charge >= 0.3 is 0 Å². The van der Waals surface area contributed by atoms with E-state index in [9.17, 15) is 9.59 Å². The van der Waals surface area contributed by atoms with Gasteiger partial charge in [0.05, 0.1) is 5.92 Å². The average molecular weight is 351 g/mol. The number of nitrogens with zero attached hydrogens (tertiary/aromatic N) is 4. The van der Waals surface area contributed by atoms with Crippen LogP contribution in [0.25, 0.3) is 0 Å². The number of anilines is 2. The van der Waals surface area contributed by atoms with Gasteiger partial charge in [-0.1, -0.05) is 18.3 Å². The summed E-state index contributed by atoms with van der Waals surface area (Å²) in [5.74, 6) is 0.254. The summed E-state index contributed by atoms with van der Waals surface area (Å²) in [4.78, 5) is 28.1. The van der Waals surface area contributed by atoms with Gasteiger partial charge in [-0.2, -0.15) is 0 Å². The average Bonchev–Trinajstić information content (AvgIpc) is 3.23. The SMILES string of the molecule is CC[C@H](C)NC(=O)[C@H]1CCCN(c2nnc(N3CCCC3=O)s2)C1. The summed E-state index contributed by atoms with van der Waals surface area (Å²) in [5, 5.41) is 13.0. The highest BCUT2D eigenvalue weighted by atomic mass is 32.1. The van der Waals surface area contributed by atoms with Crippen molar-refractivity contribution in [3.05, 3.63) is 0 Å². The molecule has 132 valence electrons.